The maximum absolute atomic E-state index is 12.8. The lowest BCUT2D eigenvalue weighted by Crippen LogP contribution is -2.46. The molecule has 0 bridgehead atoms. The molecule has 0 atom stereocenters. The predicted octanol–water partition coefficient (Wildman–Crippen LogP) is 1.91. The molecule has 0 spiro atoms. The van der Waals surface area contributed by atoms with Crippen LogP contribution in [-0.4, -0.2) is 54.0 Å². The summed E-state index contributed by atoms with van der Waals surface area (Å²) in [5.74, 6) is 0.547. The first kappa shape index (κ1) is 17.8. The van der Waals surface area contributed by atoms with Crippen molar-refractivity contribution in [2.24, 2.45) is 0 Å². The van der Waals surface area contributed by atoms with Crippen LogP contribution in [0.3, 0.4) is 0 Å². The highest BCUT2D eigenvalue weighted by atomic mass is 32.2. The largest absolute Gasteiger partial charge is 0.506 e. The van der Waals surface area contributed by atoms with Gasteiger partial charge in [0.25, 0.3) is 0 Å². The summed E-state index contributed by atoms with van der Waals surface area (Å²) in [6.07, 6.45) is 0. The molecule has 0 radical (unpaired) electrons. The van der Waals surface area contributed by atoms with Gasteiger partial charge in [-0.05, 0) is 42.8 Å². The lowest BCUT2D eigenvalue weighted by molar-refractivity contribution is 0.360. The third kappa shape index (κ3) is 3.48. The number of imidazole rings is 1. The Labute approximate surface area is 157 Å². The van der Waals surface area contributed by atoms with Crippen LogP contribution in [0, 0.1) is 6.92 Å². The molecule has 142 valence electrons. The van der Waals surface area contributed by atoms with E-state index >= 15 is 0 Å². The first-order chi connectivity index (χ1) is 12.9. The Hall–Kier alpha value is -2.62. The maximum atomic E-state index is 12.8. The molecule has 0 amide bonds. The fraction of sp³-hybridized carbons (Fsp3) is 0.278. The van der Waals surface area contributed by atoms with E-state index in [-0.39, 0.29) is 10.6 Å². The maximum Gasteiger partial charge on any atom is 0.243 e. The van der Waals surface area contributed by atoms with E-state index in [0.717, 1.165) is 5.56 Å². The number of hydrogen-bond acceptors (Lipinski definition) is 6. The minimum absolute atomic E-state index is 0.114. The van der Waals surface area contributed by atoms with Crippen LogP contribution >= 0.6 is 0 Å². The second-order valence-corrected chi connectivity index (χ2v) is 8.50. The van der Waals surface area contributed by atoms with Crippen molar-refractivity contribution in [1.29, 1.82) is 0 Å². The van der Waals surface area contributed by atoms with Crippen molar-refractivity contribution in [3.05, 3.63) is 42.0 Å². The molecule has 4 N–H and O–H groups in total. The van der Waals surface area contributed by atoms with E-state index in [2.05, 4.69) is 20.6 Å². The van der Waals surface area contributed by atoms with E-state index in [0.29, 0.717) is 48.8 Å². The van der Waals surface area contributed by atoms with Gasteiger partial charge in [-0.3, -0.25) is 0 Å². The van der Waals surface area contributed by atoms with Gasteiger partial charge < -0.3 is 20.7 Å². The third-order valence-corrected chi connectivity index (χ3v) is 6.47. The van der Waals surface area contributed by atoms with Crippen LogP contribution in [0.4, 0.5) is 11.6 Å². The molecule has 4 rings (SSSR count). The Morgan fingerprint density at radius 3 is 2.70 bits per heavy atom. The van der Waals surface area contributed by atoms with Gasteiger partial charge in [0.2, 0.25) is 16.0 Å². The summed E-state index contributed by atoms with van der Waals surface area (Å²) in [7, 11) is -3.53. The Balaban J connectivity index is 1.65. The molecule has 1 fully saturated rings. The zero-order valence-corrected chi connectivity index (χ0v) is 15.7. The number of anilines is 2. The Kier molecular flexibility index (Phi) is 4.50. The fourth-order valence-electron chi connectivity index (χ4n) is 3.12. The summed E-state index contributed by atoms with van der Waals surface area (Å²) in [4.78, 5) is 7.74. The molecule has 0 unspecified atom stereocenters. The average molecular weight is 387 g/mol. The molecule has 1 aromatic heterocycles. The number of rotatable bonds is 4. The Bertz CT molecular complexity index is 1090. The van der Waals surface area contributed by atoms with Crippen molar-refractivity contribution < 1.29 is 13.5 Å². The summed E-state index contributed by atoms with van der Waals surface area (Å²) in [5.41, 5.74) is 2.78. The first-order valence-electron chi connectivity index (χ1n) is 8.71. The molecule has 1 saturated heterocycles. The molecule has 8 nitrogen and oxygen atoms in total. The van der Waals surface area contributed by atoms with E-state index in [1.165, 1.54) is 4.31 Å². The molecule has 9 heteroatoms. The molecular formula is C18H21N5O3S. The number of fused-ring (bicyclic) bond motifs is 1. The molecule has 1 aliphatic heterocycles. The number of hydrogen-bond donors (Lipinski definition) is 4. The second-order valence-electron chi connectivity index (χ2n) is 6.56. The number of phenols is 1. The smallest absolute Gasteiger partial charge is 0.243 e. The van der Waals surface area contributed by atoms with E-state index in [1.807, 2.05) is 19.1 Å². The van der Waals surface area contributed by atoms with Gasteiger partial charge in [-0.2, -0.15) is 4.31 Å². The highest BCUT2D eigenvalue weighted by Crippen LogP contribution is 2.28. The van der Waals surface area contributed by atoms with Gasteiger partial charge in [-0.25, -0.2) is 13.4 Å². The number of H-pyrrole nitrogens is 1. The van der Waals surface area contributed by atoms with Gasteiger partial charge in [0, 0.05) is 26.2 Å². The molecule has 2 aromatic carbocycles. The minimum atomic E-state index is -3.53. The SMILES string of the molecule is Cc1ccc(O)c(Nc2nc3ccc(S(=O)(=O)N4CCNCC4)cc3[nH]2)c1. The van der Waals surface area contributed by atoms with E-state index in [9.17, 15) is 13.5 Å². The predicted molar refractivity (Wildman–Crippen MR) is 104 cm³/mol. The number of nitrogens with one attached hydrogen (secondary N) is 3. The summed E-state index contributed by atoms with van der Waals surface area (Å²) < 4.78 is 27.1. The Morgan fingerprint density at radius 1 is 1.15 bits per heavy atom. The normalized spacial score (nSPS) is 15.9. The van der Waals surface area contributed by atoms with Crippen LogP contribution in [0.5, 0.6) is 5.75 Å². The number of benzene rings is 2. The average Bonchev–Trinajstić information content (AvgIpc) is 3.07. The standard InChI is InChI=1S/C18H21N5O3S/c1-12-2-5-17(24)16(10-12)22-18-20-14-4-3-13(11-15(14)21-18)27(25,26)23-8-6-19-7-9-23/h2-5,10-11,19,24H,6-9H2,1H3,(H2,20,21,22). The zero-order chi connectivity index (χ0) is 19.0. The lowest BCUT2D eigenvalue weighted by Gasteiger charge is -2.26. The van der Waals surface area contributed by atoms with Gasteiger partial charge in [0.05, 0.1) is 21.6 Å². The summed E-state index contributed by atoms with van der Waals surface area (Å²) >= 11 is 0. The summed E-state index contributed by atoms with van der Waals surface area (Å²) in [6, 6.07) is 10.1. The molecular weight excluding hydrogens is 366 g/mol. The third-order valence-electron chi connectivity index (χ3n) is 4.57. The molecule has 1 aliphatic rings. The first-order valence-corrected chi connectivity index (χ1v) is 10.1. The number of phenolic OH excluding ortho intramolecular Hbond substituents is 1. The quantitative estimate of drug-likeness (QED) is 0.509. The fourth-order valence-corrected chi connectivity index (χ4v) is 4.59. The van der Waals surface area contributed by atoms with Crippen LogP contribution in [-0.2, 0) is 10.0 Å². The summed E-state index contributed by atoms with van der Waals surface area (Å²) in [6.45, 7) is 4.15. The van der Waals surface area contributed by atoms with Gasteiger partial charge in [-0.1, -0.05) is 6.07 Å². The number of aromatic hydroxyl groups is 1. The molecule has 0 aliphatic carbocycles. The van der Waals surface area contributed by atoms with Crippen LogP contribution in [0.1, 0.15) is 5.56 Å². The van der Waals surface area contributed by atoms with Crippen molar-refractivity contribution >= 4 is 32.7 Å². The number of piperazine rings is 1. The number of sulfonamides is 1. The molecule has 2 heterocycles. The lowest BCUT2D eigenvalue weighted by atomic mass is 10.2. The highest BCUT2D eigenvalue weighted by molar-refractivity contribution is 7.89. The van der Waals surface area contributed by atoms with Gasteiger partial charge in [-0.15, -0.1) is 0 Å². The van der Waals surface area contributed by atoms with Crippen LogP contribution in [0.15, 0.2) is 41.3 Å². The zero-order valence-electron chi connectivity index (χ0n) is 14.9. The monoisotopic (exact) mass is 387 g/mol. The molecule has 3 aromatic rings. The van der Waals surface area contributed by atoms with Crippen molar-refractivity contribution in [1.82, 2.24) is 19.6 Å². The van der Waals surface area contributed by atoms with Gasteiger partial charge in [0.1, 0.15) is 5.75 Å². The summed E-state index contributed by atoms with van der Waals surface area (Å²) in [5, 5.41) is 16.2. The van der Waals surface area contributed by atoms with Gasteiger partial charge >= 0.3 is 0 Å². The van der Waals surface area contributed by atoms with Crippen LogP contribution < -0.4 is 10.6 Å². The topological polar surface area (TPSA) is 110 Å². The van der Waals surface area contributed by atoms with Crippen LogP contribution in [0.2, 0.25) is 0 Å². The molecule has 0 saturated carbocycles. The van der Waals surface area contributed by atoms with Crippen molar-refractivity contribution in [2.75, 3.05) is 31.5 Å². The number of nitrogens with zero attached hydrogens (tertiary/aromatic N) is 2. The van der Waals surface area contributed by atoms with Gasteiger partial charge in [0.15, 0.2) is 0 Å². The molecule has 27 heavy (non-hydrogen) atoms. The van der Waals surface area contributed by atoms with Crippen molar-refractivity contribution in [3.8, 4) is 5.75 Å². The number of aryl methyl sites for hydroxylation is 1. The van der Waals surface area contributed by atoms with Crippen molar-refractivity contribution in [2.45, 2.75) is 11.8 Å². The highest BCUT2D eigenvalue weighted by Gasteiger charge is 2.26. The number of aromatic amines is 1. The van der Waals surface area contributed by atoms with E-state index in [4.69, 9.17) is 0 Å². The second kappa shape index (κ2) is 6.84. The van der Waals surface area contributed by atoms with Crippen LogP contribution in [0.25, 0.3) is 11.0 Å². The number of aromatic nitrogens is 2. The minimum Gasteiger partial charge on any atom is -0.506 e. The van der Waals surface area contributed by atoms with E-state index in [1.54, 1.807) is 24.3 Å². The van der Waals surface area contributed by atoms with E-state index < -0.39 is 10.0 Å². The Morgan fingerprint density at radius 2 is 1.93 bits per heavy atom. The van der Waals surface area contributed by atoms with Crippen molar-refractivity contribution in [3.63, 3.8) is 0 Å².